The summed E-state index contributed by atoms with van der Waals surface area (Å²) in [6.45, 7) is 4.52. The van der Waals surface area contributed by atoms with Crippen LogP contribution < -0.4 is 5.73 Å². The lowest BCUT2D eigenvalue weighted by Crippen LogP contribution is -2.14. The smallest absolute Gasteiger partial charge is 0.212 e. The molecule has 20 heavy (non-hydrogen) atoms. The van der Waals surface area contributed by atoms with Crippen LogP contribution in [-0.2, 0) is 6.42 Å². The molecule has 2 aromatic rings. The molecule has 0 bridgehead atoms. The number of aromatic nitrogens is 2. The molecule has 1 heterocycles. The van der Waals surface area contributed by atoms with E-state index in [-0.39, 0.29) is 11.8 Å². The molecule has 106 valence electrons. The van der Waals surface area contributed by atoms with Gasteiger partial charge in [0, 0.05) is 11.6 Å². The van der Waals surface area contributed by atoms with Crippen molar-refractivity contribution < 1.29 is 4.79 Å². The number of nitrogens with two attached hydrogens (primary N) is 1. The predicted molar refractivity (Wildman–Crippen MR) is 80.3 cm³/mol. The highest BCUT2D eigenvalue weighted by molar-refractivity contribution is 6.34. The highest BCUT2D eigenvalue weighted by atomic mass is 35.5. The van der Waals surface area contributed by atoms with Gasteiger partial charge in [0.2, 0.25) is 5.78 Å². The summed E-state index contributed by atoms with van der Waals surface area (Å²) in [7, 11) is 0. The molecule has 1 aromatic carbocycles. The Balaban J connectivity index is 2.34. The molecule has 0 aliphatic carbocycles. The van der Waals surface area contributed by atoms with Crippen molar-refractivity contribution >= 4 is 17.4 Å². The van der Waals surface area contributed by atoms with Crippen LogP contribution in [0.15, 0.2) is 30.5 Å². The number of benzene rings is 1. The molecule has 0 saturated heterocycles. The Morgan fingerprint density at radius 1 is 1.35 bits per heavy atom. The van der Waals surface area contributed by atoms with E-state index in [0.717, 1.165) is 12.0 Å². The van der Waals surface area contributed by atoms with E-state index in [0.29, 0.717) is 22.8 Å². The minimum absolute atomic E-state index is 0.0814. The van der Waals surface area contributed by atoms with Gasteiger partial charge >= 0.3 is 0 Å². The van der Waals surface area contributed by atoms with E-state index in [9.17, 15) is 4.79 Å². The quantitative estimate of drug-likeness (QED) is 0.862. The van der Waals surface area contributed by atoms with Crippen LogP contribution in [0.25, 0.3) is 0 Å². The van der Waals surface area contributed by atoms with Crippen molar-refractivity contribution in [1.82, 2.24) is 9.78 Å². The summed E-state index contributed by atoms with van der Waals surface area (Å²) in [5.41, 5.74) is 7.68. The Kier molecular flexibility index (Phi) is 4.57. The summed E-state index contributed by atoms with van der Waals surface area (Å²) < 4.78 is 1.65. The lowest BCUT2D eigenvalue weighted by molar-refractivity contribution is 0.102. The SMILES string of the molecule is CC(C)n1ncc(Cl)c1C(=O)c1ccc(CCN)cc1. The molecule has 0 atom stereocenters. The average molecular weight is 292 g/mol. The number of carbonyl (C=O) groups excluding carboxylic acids is 1. The van der Waals surface area contributed by atoms with Crippen molar-refractivity contribution in [2.45, 2.75) is 26.3 Å². The third kappa shape index (κ3) is 2.92. The normalized spacial score (nSPS) is 11.1. The van der Waals surface area contributed by atoms with Gasteiger partial charge in [-0.15, -0.1) is 0 Å². The van der Waals surface area contributed by atoms with Gasteiger partial charge in [-0.3, -0.25) is 9.48 Å². The highest BCUT2D eigenvalue weighted by Gasteiger charge is 2.20. The number of ketones is 1. The van der Waals surface area contributed by atoms with Gasteiger partial charge in [0.25, 0.3) is 0 Å². The zero-order chi connectivity index (χ0) is 14.7. The minimum atomic E-state index is -0.111. The third-order valence-corrected chi connectivity index (χ3v) is 3.38. The summed E-state index contributed by atoms with van der Waals surface area (Å²) in [5, 5.41) is 4.54. The third-order valence-electron chi connectivity index (χ3n) is 3.10. The second-order valence-corrected chi connectivity index (χ2v) is 5.35. The number of hydrogen-bond donors (Lipinski definition) is 1. The Labute approximate surface area is 123 Å². The van der Waals surface area contributed by atoms with Crippen molar-refractivity contribution in [2.75, 3.05) is 6.54 Å². The molecule has 0 aliphatic rings. The standard InChI is InChI=1S/C15H18ClN3O/c1-10(2)19-14(13(16)9-18-19)15(20)12-5-3-11(4-6-12)7-8-17/h3-6,9-10H,7-8,17H2,1-2H3. The molecule has 2 N–H and O–H groups in total. The second-order valence-electron chi connectivity index (χ2n) is 4.94. The Hall–Kier alpha value is -1.65. The lowest BCUT2D eigenvalue weighted by atomic mass is 10.0. The lowest BCUT2D eigenvalue weighted by Gasteiger charge is -2.10. The maximum absolute atomic E-state index is 12.6. The van der Waals surface area contributed by atoms with Gasteiger partial charge in [-0.1, -0.05) is 35.9 Å². The molecule has 0 radical (unpaired) electrons. The molecule has 0 unspecified atom stereocenters. The molecule has 0 spiro atoms. The summed E-state index contributed by atoms with van der Waals surface area (Å²) in [4.78, 5) is 12.6. The molecule has 5 heteroatoms. The first-order chi connectivity index (χ1) is 9.54. The minimum Gasteiger partial charge on any atom is -0.330 e. The van der Waals surface area contributed by atoms with Crippen molar-refractivity contribution in [3.8, 4) is 0 Å². The van der Waals surface area contributed by atoms with Crippen molar-refractivity contribution in [1.29, 1.82) is 0 Å². The molecular weight excluding hydrogens is 274 g/mol. The fourth-order valence-electron chi connectivity index (χ4n) is 2.07. The molecule has 0 fully saturated rings. The van der Waals surface area contributed by atoms with Crippen LogP contribution in [0, 0.1) is 0 Å². The van der Waals surface area contributed by atoms with Gasteiger partial charge in [0.05, 0.1) is 11.2 Å². The first-order valence-electron chi connectivity index (χ1n) is 6.61. The van der Waals surface area contributed by atoms with Gasteiger partial charge < -0.3 is 5.73 Å². The van der Waals surface area contributed by atoms with Crippen LogP contribution in [0.2, 0.25) is 5.02 Å². The van der Waals surface area contributed by atoms with Crippen LogP contribution >= 0.6 is 11.6 Å². The van der Waals surface area contributed by atoms with E-state index < -0.39 is 0 Å². The number of nitrogens with zero attached hydrogens (tertiary/aromatic N) is 2. The summed E-state index contributed by atoms with van der Waals surface area (Å²) in [6.07, 6.45) is 2.32. The van der Waals surface area contributed by atoms with E-state index >= 15 is 0 Å². The highest BCUT2D eigenvalue weighted by Crippen LogP contribution is 2.22. The number of carbonyl (C=O) groups is 1. The first-order valence-corrected chi connectivity index (χ1v) is 6.99. The van der Waals surface area contributed by atoms with Crippen molar-refractivity contribution in [3.05, 3.63) is 52.3 Å². The van der Waals surface area contributed by atoms with Gasteiger partial charge in [0.15, 0.2) is 0 Å². The van der Waals surface area contributed by atoms with E-state index in [1.165, 1.54) is 6.20 Å². The molecule has 0 aliphatic heterocycles. The maximum atomic E-state index is 12.6. The van der Waals surface area contributed by atoms with E-state index in [4.69, 9.17) is 17.3 Å². The predicted octanol–water partition coefficient (Wildman–Crippen LogP) is 2.85. The molecule has 0 saturated carbocycles. The topological polar surface area (TPSA) is 60.9 Å². The first kappa shape index (κ1) is 14.8. The van der Waals surface area contributed by atoms with Crippen LogP contribution in [0.5, 0.6) is 0 Å². The summed E-state index contributed by atoms with van der Waals surface area (Å²) in [6, 6.07) is 7.54. The molecule has 2 rings (SSSR count). The number of hydrogen-bond acceptors (Lipinski definition) is 3. The Bertz CT molecular complexity index is 602. The summed E-state index contributed by atoms with van der Waals surface area (Å²) >= 11 is 6.09. The molecule has 0 amide bonds. The van der Waals surface area contributed by atoms with E-state index in [1.54, 1.807) is 16.8 Å². The zero-order valence-electron chi connectivity index (χ0n) is 11.6. The molecular formula is C15H18ClN3O. The number of rotatable bonds is 5. The largest absolute Gasteiger partial charge is 0.330 e. The van der Waals surface area contributed by atoms with E-state index in [1.807, 2.05) is 26.0 Å². The average Bonchev–Trinajstić information content (AvgIpc) is 2.81. The second kappa shape index (κ2) is 6.20. The van der Waals surface area contributed by atoms with Gasteiger partial charge in [-0.25, -0.2) is 0 Å². The van der Waals surface area contributed by atoms with Crippen molar-refractivity contribution in [2.24, 2.45) is 5.73 Å². The number of halogens is 1. The maximum Gasteiger partial charge on any atom is 0.212 e. The van der Waals surface area contributed by atoms with Gasteiger partial charge in [-0.05, 0) is 32.4 Å². The van der Waals surface area contributed by atoms with Crippen LogP contribution in [0.1, 0.15) is 41.5 Å². The van der Waals surface area contributed by atoms with Gasteiger partial charge in [0.1, 0.15) is 5.69 Å². The van der Waals surface area contributed by atoms with Crippen LogP contribution in [0.3, 0.4) is 0 Å². The Morgan fingerprint density at radius 3 is 2.55 bits per heavy atom. The van der Waals surface area contributed by atoms with Gasteiger partial charge in [-0.2, -0.15) is 5.10 Å². The zero-order valence-corrected chi connectivity index (χ0v) is 12.4. The fourth-order valence-corrected chi connectivity index (χ4v) is 2.29. The Morgan fingerprint density at radius 2 is 2.00 bits per heavy atom. The molecule has 1 aromatic heterocycles. The molecule has 4 nitrogen and oxygen atoms in total. The van der Waals surface area contributed by atoms with E-state index in [2.05, 4.69) is 5.10 Å². The van der Waals surface area contributed by atoms with Crippen LogP contribution in [0.4, 0.5) is 0 Å². The monoisotopic (exact) mass is 291 g/mol. The fraction of sp³-hybridized carbons (Fsp3) is 0.333. The van der Waals surface area contributed by atoms with Crippen molar-refractivity contribution in [3.63, 3.8) is 0 Å². The van der Waals surface area contributed by atoms with Crippen LogP contribution in [-0.4, -0.2) is 22.1 Å². The summed E-state index contributed by atoms with van der Waals surface area (Å²) in [5.74, 6) is -0.111.